The molecular formula is C12H19N3OS. The monoisotopic (exact) mass is 253 g/mol. The Morgan fingerprint density at radius 1 is 1.53 bits per heavy atom. The van der Waals surface area contributed by atoms with Gasteiger partial charge in [-0.15, -0.1) is 11.3 Å². The first kappa shape index (κ1) is 12.5. The summed E-state index contributed by atoms with van der Waals surface area (Å²) in [5.74, 6) is 0.216. The summed E-state index contributed by atoms with van der Waals surface area (Å²) in [7, 11) is 0. The number of thiazole rings is 1. The standard InChI is InChI=1S/C12H19N3OS/c1-10(12-13-5-8-17-12)14-9-11(16)15-6-3-2-4-7-15/h5,8,10,14H,2-4,6-7,9H2,1H3. The number of rotatable bonds is 4. The highest BCUT2D eigenvalue weighted by atomic mass is 32.1. The number of piperidine rings is 1. The Morgan fingerprint density at radius 3 is 2.94 bits per heavy atom. The number of nitrogens with zero attached hydrogens (tertiary/aromatic N) is 2. The van der Waals surface area contributed by atoms with Crippen LogP contribution < -0.4 is 5.32 Å². The van der Waals surface area contributed by atoms with Crippen LogP contribution in [0.2, 0.25) is 0 Å². The van der Waals surface area contributed by atoms with Gasteiger partial charge < -0.3 is 4.90 Å². The first-order valence-corrected chi connectivity index (χ1v) is 7.06. The van der Waals surface area contributed by atoms with Crippen molar-refractivity contribution in [1.82, 2.24) is 15.2 Å². The van der Waals surface area contributed by atoms with E-state index in [1.54, 1.807) is 17.5 Å². The summed E-state index contributed by atoms with van der Waals surface area (Å²) in [6.07, 6.45) is 5.35. The molecule has 5 heteroatoms. The van der Waals surface area contributed by atoms with E-state index in [0.717, 1.165) is 30.9 Å². The van der Waals surface area contributed by atoms with Gasteiger partial charge in [0.1, 0.15) is 5.01 Å². The SMILES string of the molecule is CC(NCC(=O)N1CCCCC1)c1nccs1. The topological polar surface area (TPSA) is 45.2 Å². The summed E-state index contributed by atoms with van der Waals surface area (Å²) in [5.41, 5.74) is 0. The Morgan fingerprint density at radius 2 is 2.29 bits per heavy atom. The van der Waals surface area contributed by atoms with Crippen LogP contribution in [0.1, 0.15) is 37.2 Å². The van der Waals surface area contributed by atoms with E-state index < -0.39 is 0 Å². The summed E-state index contributed by atoms with van der Waals surface area (Å²) in [6, 6.07) is 0.156. The van der Waals surface area contributed by atoms with Crippen LogP contribution in [0.5, 0.6) is 0 Å². The van der Waals surface area contributed by atoms with E-state index in [1.807, 2.05) is 17.2 Å². The molecule has 1 aromatic heterocycles. The van der Waals surface area contributed by atoms with E-state index in [0.29, 0.717) is 6.54 Å². The van der Waals surface area contributed by atoms with Crippen LogP contribution >= 0.6 is 11.3 Å². The summed E-state index contributed by atoms with van der Waals surface area (Å²) in [4.78, 5) is 18.1. The lowest BCUT2D eigenvalue weighted by atomic mass is 10.1. The van der Waals surface area contributed by atoms with Crippen molar-refractivity contribution >= 4 is 17.2 Å². The van der Waals surface area contributed by atoms with Gasteiger partial charge in [0.2, 0.25) is 5.91 Å². The van der Waals surface area contributed by atoms with Crippen LogP contribution in [0, 0.1) is 0 Å². The van der Waals surface area contributed by atoms with Crippen LogP contribution in [0.3, 0.4) is 0 Å². The molecular weight excluding hydrogens is 234 g/mol. The molecule has 0 spiro atoms. The quantitative estimate of drug-likeness (QED) is 0.890. The molecule has 0 bridgehead atoms. The van der Waals surface area contributed by atoms with E-state index in [4.69, 9.17) is 0 Å². The second-order valence-corrected chi connectivity index (χ2v) is 5.34. The molecule has 0 radical (unpaired) electrons. The predicted molar refractivity (Wildman–Crippen MR) is 69.0 cm³/mol. The number of hydrogen-bond acceptors (Lipinski definition) is 4. The van der Waals surface area contributed by atoms with Gasteiger partial charge in [-0.25, -0.2) is 4.98 Å². The number of carbonyl (C=O) groups excluding carboxylic acids is 1. The fourth-order valence-electron chi connectivity index (χ4n) is 2.03. The first-order chi connectivity index (χ1) is 8.27. The molecule has 1 aliphatic heterocycles. The van der Waals surface area contributed by atoms with Gasteiger partial charge in [-0.05, 0) is 26.2 Å². The van der Waals surface area contributed by atoms with Crippen molar-refractivity contribution in [3.8, 4) is 0 Å². The lowest BCUT2D eigenvalue weighted by Gasteiger charge is -2.27. The van der Waals surface area contributed by atoms with Crippen molar-refractivity contribution in [3.63, 3.8) is 0 Å². The van der Waals surface area contributed by atoms with Crippen molar-refractivity contribution < 1.29 is 4.79 Å². The van der Waals surface area contributed by atoms with Gasteiger partial charge >= 0.3 is 0 Å². The van der Waals surface area contributed by atoms with Gasteiger partial charge in [0, 0.05) is 24.7 Å². The summed E-state index contributed by atoms with van der Waals surface area (Å²) in [5, 5.41) is 6.24. The molecule has 1 N–H and O–H groups in total. The maximum Gasteiger partial charge on any atom is 0.236 e. The van der Waals surface area contributed by atoms with Crippen molar-refractivity contribution in [2.75, 3.05) is 19.6 Å². The fraction of sp³-hybridized carbons (Fsp3) is 0.667. The second kappa shape index (κ2) is 6.12. The molecule has 1 aromatic rings. The molecule has 0 aliphatic carbocycles. The van der Waals surface area contributed by atoms with Gasteiger partial charge in [-0.3, -0.25) is 10.1 Å². The number of likely N-dealkylation sites (tertiary alicyclic amines) is 1. The molecule has 94 valence electrons. The molecule has 2 heterocycles. The molecule has 1 saturated heterocycles. The lowest BCUT2D eigenvalue weighted by molar-refractivity contribution is -0.131. The summed E-state index contributed by atoms with van der Waals surface area (Å²) < 4.78 is 0. The number of carbonyl (C=O) groups is 1. The van der Waals surface area contributed by atoms with Gasteiger partial charge in [0.25, 0.3) is 0 Å². The Bertz CT molecular complexity index is 347. The number of hydrogen-bond donors (Lipinski definition) is 1. The number of amides is 1. The average Bonchev–Trinajstić information content (AvgIpc) is 2.90. The average molecular weight is 253 g/mol. The van der Waals surface area contributed by atoms with Crippen molar-refractivity contribution in [3.05, 3.63) is 16.6 Å². The van der Waals surface area contributed by atoms with Gasteiger partial charge in [-0.2, -0.15) is 0 Å². The Kier molecular flexibility index (Phi) is 4.50. The van der Waals surface area contributed by atoms with Crippen molar-refractivity contribution in [2.24, 2.45) is 0 Å². The van der Waals surface area contributed by atoms with E-state index >= 15 is 0 Å². The first-order valence-electron chi connectivity index (χ1n) is 6.18. The Hall–Kier alpha value is -0.940. The Labute approximate surface area is 106 Å². The maximum absolute atomic E-state index is 11.9. The largest absolute Gasteiger partial charge is 0.342 e. The van der Waals surface area contributed by atoms with Crippen LogP contribution in [0.25, 0.3) is 0 Å². The predicted octanol–water partition coefficient (Wildman–Crippen LogP) is 1.81. The highest BCUT2D eigenvalue weighted by Crippen LogP contribution is 2.14. The van der Waals surface area contributed by atoms with E-state index in [2.05, 4.69) is 10.3 Å². The normalized spacial score (nSPS) is 18.1. The van der Waals surface area contributed by atoms with Gasteiger partial charge in [0.15, 0.2) is 0 Å². The number of aromatic nitrogens is 1. The highest BCUT2D eigenvalue weighted by molar-refractivity contribution is 7.09. The Balaban J connectivity index is 1.75. The van der Waals surface area contributed by atoms with Crippen LogP contribution in [0.15, 0.2) is 11.6 Å². The molecule has 1 atom stereocenters. The minimum absolute atomic E-state index is 0.156. The van der Waals surface area contributed by atoms with Crippen LogP contribution in [0.4, 0.5) is 0 Å². The smallest absolute Gasteiger partial charge is 0.236 e. The van der Waals surface area contributed by atoms with Gasteiger partial charge in [0.05, 0.1) is 12.6 Å². The molecule has 2 rings (SSSR count). The molecule has 4 nitrogen and oxygen atoms in total. The molecule has 0 saturated carbocycles. The minimum atomic E-state index is 0.156. The van der Waals surface area contributed by atoms with E-state index in [9.17, 15) is 4.79 Å². The van der Waals surface area contributed by atoms with Crippen molar-refractivity contribution in [2.45, 2.75) is 32.2 Å². The molecule has 1 aliphatic rings. The zero-order valence-corrected chi connectivity index (χ0v) is 11.0. The van der Waals surface area contributed by atoms with Crippen molar-refractivity contribution in [1.29, 1.82) is 0 Å². The van der Waals surface area contributed by atoms with E-state index in [1.165, 1.54) is 6.42 Å². The zero-order chi connectivity index (χ0) is 12.1. The third-order valence-electron chi connectivity index (χ3n) is 3.09. The number of nitrogens with one attached hydrogen (secondary N) is 1. The molecule has 1 amide bonds. The van der Waals surface area contributed by atoms with Gasteiger partial charge in [-0.1, -0.05) is 0 Å². The highest BCUT2D eigenvalue weighted by Gasteiger charge is 2.17. The zero-order valence-electron chi connectivity index (χ0n) is 10.2. The third kappa shape index (κ3) is 3.51. The van der Waals surface area contributed by atoms with E-state index in [-0.39, 0.29) is 11.9 Å². The molecule has 0 aromatic carbocycles. The fourth-order valence-corrected chi connectivity index (χ4v) is 2.70. The lowest BCUT2D eigenvalue weighted by Crippen LogP contribution is -2.41. The molecule has 1 unspecified atom stereocenters. The van der Waals surface area contributed by atoms with Crippen LogP contribution in [-0.2, 0) is 4.79 Å². The minimum Gasteiger partial charge on any atom is -0.342 e. The summed E-state index contributed by atoms with van der Waals surface area (Å²) in [6.45, 7) is 4.31. The maximum atomic E-state index is 11.9. The molecule has 17 heavy (non-hydrogen) atoms. The molecule has 1 fully saturated rings. The third-order valence-corrected chi connectivity index (χ3v) is 4.05. The van der Waals surface area contributed by atoms with Crippen LogP contribution in [-0.4, -0.2) is 35.4 Å². The summed E-state index contributed by atoms with van der Waals surface area (Å²) >= 11 is 1.62. The second-order valence-electron chi connectivity index (χ2n) is 4.41.